The highest BCUT2D eigenvalue weighted by molar-refractivity contribution is 6.62. The molecule has 4 nitrogen and oxygen atoms in total. The Hall–Kier alpha value is -3.98. The van der Waals surface area contributed by atoms with E-state index in [4.69, 9.17) is 9.31 Å². The molecule has 37 heavy (non-hydrogen) atoms. The standard InChI is InChI=1S/C32H27BN2O2/c1-31(2)32(3,4)37-33(36-31)23-16-18-28-27(21-23)26-17-15-22-19-20-34(24-11-7-5-8-12-24)29(22)30(26)35(28)25-13-9-6-10-14-25/h6-7,9-21H,1-4H3. The molecule has 4 aromatic carbocycles. The van der Waals surface area contributed by atoms with E-state index in [1.54, 1.807) is 0 Å². The molecule has 0 aliphatic carbocycles. The maximum Gasteiger partial charge on any atom is 0.494 e. The number of fused-ring (bicyclic) bond motifs is 5. The average Bonchev–Trinajstić information content (AvgIpc) is 3.54. The molecule has 1 saturated heterocycles. The van der Waals surface area contributed by atoms with Crippen LogP contribution in [0.4, 0.5) is 0 Å². The number of hydrogen-bond acceptors (Lipinski definition) is 2. The van der Waals surface area contributed by atoms with Crippen molar-refractivity contribution in [2.24, 2.45) is 0 Å². The van der Waals surface area contributed by atoms with Crippen molar-refractivity contribution in [2.75, 3.05) is 0 Å². The van der Waals surface area contributed by atoms with Gasteiger partial charge in [0, 0.05) is 34.1 Å². The van der Waals surface area contributed by atoms with Gasteiger partial charge in [-0.3, -0.25) is 0 Å². The van der Waals surface area contributed by atoms with Gasteiger partial charge in [0.25, 0.3) is 0 Å². The molecule has 0 bridgehead atoms. The van der Waals surface area contributed by atoms with Crippen LogP contribution in [-0.2, 0) is 9.31 Å². The molecule has 1 aliphatic heterocycles. The maximum atomic E-state index is 6.40. The van der Waals surface area contributed by atoms with Gasteiger partial charge in [-0.1, -0.05) is 54.6 Å². The summed E-state index contributed by atoms with van der Waals surface area (Å²) in [5.74, 6) is 0. The van der Waals surface area contributed by atoms with E-state index < -0.39 is 7.12 Å². The van der Waals surface area contributed by atoms with Crippen molar-refractivity contribution in [3.05, 3.63) is 103 Å². The lowest BCUT2D eigenvalue weighted by atomic mass is 9.78. The molecule has 0 N–H and O–H groups in total. The number of nitrogens with zero attached hydrogens (tertiary/aromatic N) is 2. The van der Waals surface area contributed by atoms with Gasteiger partial charge in [-0.2, -0.15) is 0 Å². The maximum absolute atomic E-state index is 6.40. The van der Waals surface area contributed by atoms with Gasteiger partial charge in [-0.05, 0) is 69.6 Å². The normalized spacial score (nSPS) is 16.6. The topological polar surface area (TPSA) is 28.3 Å². The average molecular weight is 482 g/mol. The van der Waals surface area contributed by atoms with Crippen LogP contribution in [0.5, 0.6) is 0 Å². The summed E-state index contributed by atoms with van der Waals surface area (Å²) >= 11 is 0. The van der Waals surface area contributed by atoms with E-state index in [2.05, 4.69) is 128 Å². The first-order valence-electron chi connectivity index (χ1n) is 12.7. The van der Waals surface area contributed by atoms with Gasteiger partial charge in [-0.15, -0.1) is 0 Å². The molecule has 0 saturated carbocycles. The minimum atomic E-state index is -0.409. The van der Waals surface area contributed by atoms with Gasteiger partial charge >= 0.3 is 7.12 Å². The van der Waals surface area contributed by atoms with Gasteiger partial charge in [0.2, 0.25) is 0 Å². The fraction of sp³-hybridized carbons (Fsp3) is 0.188. The third-order valence-corrected chi connectivity index (χ3v) is 8.06. The zero-order chi connectivity index (χ0) is 25.4. The molecule has 1 aliphatic rings. The second-order valence-corrected chi connectivity index (χ2v) is 10.8. The summed E-state index contributed by atoms with van der Waals surface area (Å²) in [4.78, 5) is 0. The summed E-state index contributed by atoms with van der Waals surface area (Å²) in [5, 5.41) is 3.55. The van der Waals surface area contributed by atoms with Gasteiger partial charge < -0.3 is 18.4 Å². The summed E-state index contributed by atoms with van der Waals surface area (Å²) in [7, 11) is -0.409. The molecule has 6 aromatic rings. The van der Waals surface area contributed by atoms with Crippen molar-refractivity contribution >= 4 is 45.3 Å². The molecule has 2 aromatic heterocycles. The summed E-state index contributed by atoms with van der Waals surface area (Å²) in [5.41, 5.74) is 5.92. The molecule has 3 heterocycles. The minimum Gasteiger partial charge on any atom is -0.399 e. The molecule has 180 valence electrons. The van der Waals surface area contributed by atoms with E-state index >= 15 is 0 Å². The van der Waals surface area contributed by atoms with Crippen molar-refractivity contribution < 1.29 is 9.31 Å². The fourth-order valence-electron chi connectivity index (χ4n) is 5.42. The molecule has 0 amide bonds. The van der Waals surface area contributed by atoms with Crippen LogP contribution in [0.3, 0.4) is 0 Å². The Bertz CT molecular complexity index is 1770. The first-order chi connectivity index (χ1) is 17.8. The quantitative estimate of drug-likeness (QED) is 0.265. The molecular formula is C32H27BN2O2. The molecule has 7 rings (SSSR count). The van der Waals surface area contributed by atoms with Crippen LogP contribution >= 0.6 is 0 Å². The van der Waals surface area contributed by atoms with E-state index in [-0.39, 0.29) is 11.2 Å². The SMILES string of the molecule is CC1(C)OB(c2ccc3c(c2)c2ccc4ccn(-c5cc#ccc5)c4c2n3-c2ccccc2)OC1(C)C. The highest BCUT2D eigenvalue weighted by Gasteiger charge is 2.51. The zero-order valence-corrected chi connectivity index (χ0v) is 21.4. The molecule has 0 atom stereocenters. The second kappa shape index (κ2) is 7.76. The second-order valence-electron chi connectivity index (χ2n) is 10.8. The van der Waals surface area contributed by atoms with Crippen LogP contribution in [-0.4, -0.2) is 27.5 Å². The lowest BCUT2D eigenvalue weighted by molar-refractivity contribution is 0.00578. The highest BCUT2D eigenvalue weighted by atomic mass is 16.7. The van der Waals surface area contributed by atoms with Gasteiger partial charge in [0.15, 0.2) is 0 Å². The van der Waals surface area contributed by atoms with E-state index in [0.29, 0.717) is 0 Å². The number of para-hydroxylation sites is 1. The van der Waals surface area contributed by atoms with Gasteiger partial charge in [0.05, 0.1) is 33.4 Å². The Morgan fingerprint density at radius 2 is 1.51 bits per heavy atom. The lowest BCUT2D eigenvalue weighted by Crippen LogP contribution is -2.41. The van der Waals surface area contributed by atoms with Crippen molar-refractivity contribution in [1.29, 1.82) is 0 Å². The third kappa shape index (κ3) is 3.27. The lowest BCUT2D eigenvalue weighted by Gasteiger charge is -2.32. The highest BCUT2D eigenvalue weighted by Crippen LogP contribution is 2.39. The monoisotopic (exact) mass is 482 g/mol. The van der Waals surface area contributed by atoms with Crippen LogP contribution in [0.1, 0.15) is 27.7 Å². The van der Waals surface area contributed by atoms with Crippen LogP contribution < -0.4 is 5.46 Å². The molecule has 5 heteroatoms. The summed E-state index contributed by atoms with van der Waals surface area (Å²) in [6, 6.07) is 35.9. The molecule has 0 spiro atoms. The summed E-state index contributed by atoms with van der Waals surface area (Å²) in [6.45, 7) is 8.37. The van der Waals surface area contributed by atoms with Crippen molar-refractivity contribution in [3.8, 4) is 11.4 Å². The van der Waals surface area contributed by atoms with Crippen molar-refractivity contribution in [3.63, 3.8) is 0 Å². The smallest absolute Gasteiger partial charge is 0.399 e. The largest absolute Gasteiger partial charge is 0.494 e. The molecule has 1 fully saturated rings. The fourth-order valence-corrected chi connectivity index (χ4v) is 5.42. The first kappa shape index (κ1) is 22.2. The van der Waals surface area contributed by atoms with E-state index in [9.17, 15) is 0 Å². The van der Waals surface area contributed by atoms with Crippen molar-refractivity contribution in [2.45, 2.75) is 38.9 Å². The Morgan fingerprint density at radius 1 is 0.730 bits per heavy atom. The van der Waals surface area contributed by atoms with E-state index in [0.717, 1.165) is 27.9 Å². The Labute approximate surface area is 217 Å². The minimum absolute atomic E-state index is 0.387. The predicted octanol–water partition coefficient (Wildman–Crippen LogP) is 6.63. The van der Waals surface area contributed by atoms with E-state index in [1.807, 2.05) is 12.1 Å². The Kier molecular flexibility index (Phi) is 4.66. The molecule has 0 radical (unpaired) electrons. The predicted molar refractivity (Wildman–Crippen MR) is 151 cm³/mol. The van der Waals surface area contributed by atoms with Crippen LogP contribution in [0.25, 0.3) is 44.1 Å². The van der Waals surface area contributed by atoms with Crippen LogP contribution in [0, 0.1) is 12.1 Å². The van der Waals surface area contributed by atoms with Gasteiger partial charge in [0.1, 0.15) is 0 Å². The Balaban J connectivity index is 1.54. The van der Waals surface area contributed by atoms with Crippen LogP contribution in [0.2, 0.25) is 0 Å². The summed E-state index contributed by atoms with van der Waals surface area (Å²) < 4.78 is 17.4. The number of rotatable bonds is 3. The number of benzene rings is 3. The number of aromatic nitrogens is 2. The number of hydrogen-bond donors (Lipinski definition) is 0. The molecule has 0 unspecified atom stereocenters. The van der Waals surface area contributed by atoms with Crippen LogP contribution in [0.15, 0.2) is 91.1 Å². The van der Waals surface area contributed by atoms with Gasteiger partial charge in [-0.25, -0.2) is 0 Å². The molecular weight excluding hydrogens is 455 g/mol. The Morgan fingerprint density at radius 3 is 2.24 bits per heavy atom. The first-order valence-corrected chi connectivity index (χ1v) is 12.7. The zero-order valence-electron chi connectivity index (χ0n) is 21.4. The third-order valence-electron chi connectivity index (χ3n) is 8.06. The van der Waals surface area contributed by atoms with E-state index in [1.165, 1.54) is 21.7 Å². The van der Waals surface area contributed by atoms with Crippen molar-refractivity contribution in [1.82, 2.24) is 9.13 Å². The summed E-state index contributed by atoms with van der Waals surface area (Å²) in [6.07, 6.45) is 2.14.